The van der Waals surface area contributed by atoms with Crippen LogP contribution in [-0.4, -0.2) is 32.7 Å². The molecule has 5 heteroatoms. The van der Waals surface area contributed by atoms with Gasteiger partial charge in [0.1, 0.15) is 5.75 Å². The molecule has 0 aliphatic carbocycles. The predicted octanol–water partition coefficient (Wildman–Crippen LogP) is 3.36. The molecule has 1 amide bonds. The minimum Gasteiger partial charge on any atom is -0.508 e. The molecule has 1 heterocycles. The lowest BCUT2D eigenvalue weighted by Crippen LogP contribution is -2.41. The van der Waals surface area contributed by atoms with Crippen molar-refractivity contribution in [2.24, 2.45) is 0 Å². The van der Waals surface area contributed by atoms with Gasteiger partial charge in [-0.2, -0.15) is 0 Å². The Hall–Kier alpha value is -3.15. The summed E-state index contributed by atoms with van der Waals surface area (Å²) in [6.07, 6.45) is 1.27. The summed E-state index contributed by atoms with van der Waals surface area (Å²) >= 11 is 0. The lowest BCUT2D eigenvalue weighted by Gasteiger charge is -2.38. The third-order valence-corrected chi connectivity index (χ3v) is 5.78. The first kappa shape index (κ1) is 20.1. The van der Waals surface area contributed by atoms with Crippen molar-refractivity contribution in [2.75, 3.05) is 6.54 Å². The Balaban J connectivity index is 1.72. The molecule has 154 valence electrons. The molecule has 3 aromatic carbocycles. The third-order valence-electron chi connectivity index (χ3n) is 5.78. The van der Waals surface area contributed by atoms with Gasteiger partial charge in [0.15, 0.2) is 0 Å². The van der Waals surface area contributed by atoms with Crippen molar-refractivity contribution in [3.05, 3.63) is 100 Å². The molecule has 0 fully saturated rings. The highest BCUT2D eigenvalue weighted by Crippen LogP contribution is 2.35. The van der Waals surface area contributed by atoms with Crippen molar-refractivity contribution < 1.29 is 20.1 Å². The molecule has 0 bridgehead atoms. The van der Waals surface area contributed by atoms with E-state index in [4.69, 9.17) is 0 Å². The van der Waals surface area contributed by atoms with E-state index in [0.717, 1.165) is 28.7 Å². The van der Waals surface area contributed by atoms with E-state index in [9.17, 15) is 20.1 Å². The van der Waals surface area contributed by atoms with Crippen molar-refractivity contribution >= 4 is 5.91 Å². The van der Waals surface area contributed by atoms with Gasteiger partial charge in [-0.05, 0) is 53.3 Å². The van der Waals surface area contributed by atoms with Crippen LogP contribution in [0.2, 0.25) is 0 Å². The molecule has 4 rings (SSSR count). The number of benzene rings is 3. The monoisotopic (exact) mass is 403 g/mol. The van der Waals surface area contributed by atoms with Gasteiger partial charge < -0.3 is 20.2 Å². The maximum absolute atomic E-state index is 13.3. The summed E-state index contributed by atoms with van der Waals surface area (Å²) in [6.45, 7) is 0.350. The summed E-state index contributed by atoms with van der Waals surface area (Å²) in [5.41, 5.74) is 5.08. The predicted molar refractivity (Wildman–Crippen MR) is 114 cm³/mol. The molecule has 3 N–H and O–H groups in total. The fraction of sp³-hybridized carbons (Fsp3) is 0.240. The summed E-state index contributed by atoms with van der Waals surface area (Å²) in [6, 6.07) is 20.2. The smallest absolute Gasteiger partial charge is 0.254 e. The summed E-state index contributed by atoms with van der Waals surface area (Å²) < 4.78 is 0. The van der Waals surface area contributed by atoms with Crippen LogP contribution in [0.5, 0.6) is 5.75 Å². The van der Waals surface area contributed by atoms with Crippen LogP contribution in [0.4, 0.5) is 0 Å². The molecule has 0 saturated carbocycles. The van der Waals surface area contributed by atoms with E-state index < -0.39 is 0 Å². The van der Waals surface area contributed by atoms with Crippen LogP contribution in [0.3, 0.4) is 0 Å². The Morgan fingerprint density at radius 1 is 0.933 bits per heavy atom. The number of rotatable bonds is 5. The molecular weight excluding hydrogens is 378 g/mol. The normalized spacial score (nSPS) is 15.7. The lowest BCUT2D eigenvalue weighted by molar-refractivity contribution is 0.0660. The van der Waals surface area contributed by atoms with Crippen molar-refractivity contribution in [3.8, 4) is 5.75 Å². The second-order valence-electron chi connectivity index (χ2n) is 7.65. The molecule has 0 spiro atoms. The molecule has 0 aromatic heterocycles. The average Bonchev–Trinajstić information content (AvgIpc) is 2.79. The first-order chi connectivity index (χ1) is 14.6. The Morgan fingerprint density at radius 3 is 2.40 bits per heavy atom. The highest BCUT2D eigenvalue weighted by molar-refractivity contribution is 5.94. The second kappa shape index (κ2) is 8.69. The number of amides is 1. The van der Waals surface area contributed by atoms with Gasteiger partial charge >= 0.3 is 0 Å². The van der Waals surface area contributed by atoms with E-state index in [1.165, 1.54) is 0 Å². The number of aliphatic hydroxyl groups is 2. The number of carbonyl (C=O) groups is 1. The molecule has 30 heavy (non-hydrogen) atoms. The molecule has 5 nitrogen and oxygen atoms in total. The average molecular weight is 403 g/mol. The minimum absolute atomic E-state index is 0.0128. The fourth-order valence-electron chi connectivity index (χ4n) is 4.17. The largest absolute Gasteiger partial charge is 0.508 e. The quantitative estimate of drug-likeness (QED) is 0.610. The summed E-state index contributed by atoms with van der Waals surface area (Å²) in [5.74, 6) is 0.0382. The van der Waals surface area contributed by atoms with Gasteiger partial charge in [-0.1, -0.05) is 48.5 Å². The van der Waals surface area contributed by atoms with Crippen LogP contribution in [0.15, 0.2) is 66.7 Å². The Bertz CT molecular complexity index is 1050. The SMILES string of the molecule is O=C(c1ccccc1)N1CCc2cc(CO)ccc2C1Cc1ccc(CO)c(O)c1. The second-order valence-corrected chi connectivity index (χ2v) is 7.65. The number of hydrogen-bond acceptors (Lipinski definition) is 4. The standard InChI is InChI=1S/C25H25NO4/c27-15-18-7-9-22-20(12-18)10-11-26(25(30)19-4-2-1-3-5-19)23(22)13-17-6-8-21(16-28)24(29)14-17/h1-9,12,14,23,27-29H,10-11,13,15-16H2. The Kier molecular flexibility index (Phi) is 5.84. The zero-order valence-corrected chi connectivity index (χ0v) is 16.7. The Morgan fingerprint density at radius 2 is 1.70 bits per heavy atom. The maximum atomic E-state index is 13.3. The van der Waals surface area contributed by atoms with E-state index in [1.807, 2.05) is 59.5 Å². The molecule has 1 aliphatic heterocycles. The zero-order valence-electron chi connectivity index (χ0n) is 16.7. The van der Waals surface area contributed by atoms with Crippen LogP contribution < -0.4 is 0 Å². The molecule has 1 atom stereocenters. The number of aliphatic hydroxyl groups excluding tert-OH is 2. The molecule has 0 saturated heterocycles. The molecule has 0 radical (unpaired) electrons. The number of fused-ring (bicyclic) bond motifs is 1. The van der Waals surface area contributed by atoms with Crippen LogP contribution in [0, 0.1) is 0 Å². The van der Waals surface area contributed by atoms with Gasteiger partial charge in [-0.25, -0.2) is 0 Å². The fourth-order valence-corrected chi connectivity index (χ4v) is 4.17. The number of nitrogens with zero attached hydrogens (tertiary/aromatic N) is 1. The van der Waals surface area contributed by atoms with Crippen molar-refractivity contribution in [1.82, 2.24) is 4.90 Å². The first-order valence-corrected chi connectivity index (χ1v) is 10.1. The summed E-state index contributed by atoms with van der Waals surface area (Å²) in [4.78, 5) is 15.2. The number of aromatic hydroxyl groups is 1. The molecule has 1 unspecified atom stereocenters. The van der Waals surface area contributed by atoms with Crippen molar-refractivity contribution in [2.45, 2.75) is 32.1 Å². The van der Waals surface area contributed by atoms with Crippen LogP contribution >= 0.6 is 0 Å². The molecular formula is C25H25NO4. The van der Waals surface area contributed by atoms with E-state index >= 15 is 0 Å². The van der Waals surface area contributed by atoms with Gasteiger partial charge in [0.05, 0.1) is 19.3 Å². The number of hydrogen-bond donors (Lipinski definition) is 3. The zero-order chi connectivity index (χ0) is 21.1. The van der Waals surface area contributed by atoms with Crippen LogP contribution in [0.1, 0.15) is 44.2 Å². The topological polar surface area (TPSA) is 81.0 Å². The third kappa shape index (κ3) is 3.95. The van der Waals surface area contributed by atoms with E-state index in [-0.39, 0.29) is 30.9 Å². The summed E-state index contributed by atoms with van der Waals surface area (Å²) in [5, 5.41) is 29.0. The van der Waals surface area contributed by atoms with Gasteiger partial charge in [0.2, 0.25) is 0 Å². The highest BCUT2D eigenvalue weighted by Gasteiger charge is 2.31. The summed E-state index contributed by atoms with van der Waals surface area (Å²) in [7, 11) is 0. The van der Waals surface area contributed by atoms with E-state index in [1.54, 1.807) is 12.1 Å². The van der Waals surface area contributed by atoms with E-state index in [2.05, 4.69) is 0 Å². The van der Waals surface area contributed by atoms with Crippen LogP contribution in [0.25, 0.3) is 0 Å². The lowest BCUT2D eigenvalue weighted by atomic mass is 9.87. The highest BCUT2D eigenvalue weighted by atomic mass is 16.3. The van der Waals surface area contributed by atoms with Gasteiger partial charge in [-0.3, -0.25) is 4.79 Å². The van der Waals surface area contributed by atoms with Crippen molar-refractivity contribution in [1.29, 1.82) is 0 Å². The van der Waals surface area contributed by atoms with E-state index in [0.29, 0.717) is 24.1 Å². The van der Waals surface area contributed by atoms with Crippen molar-refractivity contribution in [3.63, 3.8) is 0 Å². The number of phenols is 1. The number of carbonyl (C=O) groups excluding carboxylic acids is 1. The van der Waals surface area contributed by atoms with Crippen LogP contribution in [-0.2, 0) is 26.1 Å². The van der Waals surface area contributed by atoms with Gasteiger partial charge in [-0.15, -0.1) is 0 Å². The maximum Gasteiger partial charge on any atom is 0.254 e. The Labute approximate surface area is 175 Å². The first-order valence-electron chi connectivity index (χ1n) is 10.1. The minimum atomic E-state index is -0.221. The van der Waals surface area contributed by atoms with Gasteiger partial charge in [0.25, 0.3) is 5.91 Å². The van der Waals surface area contributed by atoms with Gasteiger partial charge in [0, 0.05) is 17.7 Å². The molecule has 1 aliphatic rings. The molecule has 3 aromatic rings.